The number of guanidine groups is 1. The number of likely N-dealkylation sites (tertiary alicyclic amines) is 1. The summed E-state index contributed by atoms with van der Waals surface area (Å²) in [6.45, 7) is 7.34. The van der Waals surface area contributed by atoms with Gasteiger partial charge in [0.1, 0.15) is 0 Å². The van der Waals surface area contributed by atoms with E-state index in [1.165, 1.54) is 18.2 Å². The lowest BCUT2D eigenvalue weighted by atomic mass is 9.97. The van der Waals surface area contributed by atoms with Crippen molar-refractivity contribution in [3.05, 3.63) is 35.4 Å². The molecule has 0 aliphatic carbocycles. The minimum absolute atomic E-state index is 0.00142. The molecule has 166 valence electrons. The summed E-state index contributed by atoms with van der Waals surface area (Å²) in [7, 11) is 1.46. The quantitative estimate of drug-likeness (QED) is 0.418. The lowest BCUT2D eigenvalue weighted by molar-refractivity contribution is -0.146. The summed E-state index contributed by atoms with van der Waals surface area (Å²) in [5, 5.41) is 3.39. The van der Waals surface area contributed by atoms with Crippen molar-refractivity contribution in [2.45, 2.75) is 51.9 Å². The van der Waals surface area contributed by atoms with Crippen LogP contribution in [0.15, 0.2) is 29.3 Å². The number of methoxy groups -OCH3 is 1. The van der Waals surface area contributed by atoms with Gasteiger partial charge >= 0.3 is 5.97 Å². The van der Waals surface area contributed by atoms with Gasteiger partial charge < -0.3 is 24.4 Å². The molecule has 2 aliphatic heterocycles. The second-order valence-corrected chi connectivity index (χ2v) is 7.90. The summed E-state index contributed by atoms with van der Waals surface area (Å²) in [6.07, 6.45) is 3.85. The first-order chi connectivity index (χ1) is 14.7. The normalized spacial score (nSPS) is 19.0. The lowest BCUT2D eigenvalue weighted by Gasteiger charge is -2.33. The van der Waals surface area contributed by atoms with Gasteiger partial charge in [0, 0.05) is 32.8 Å². The van der Waals surface area contributed by atoms with Crippen molar-refractivity contribution in [3.63, 3.8) is 0 Å². The fourth-order valence-electron chi connectivity index (χ4n) is 3.96. The van der Waals surface area contributed by atoms with Crippen LogP contribution in [0, 0.1) is 5.92 Å². The fraction of sp³-hybridized carbons (Fsp3) is 0.652. The zero-order valence-corrected chi connectivity index (χ0v) is 18.3. The van der Waals surface area contributed by atoms with Crippen LogP contribution in [0.5, 0.6) is 0 Å². The minimum atomic E-state index is -0.101. The maximum atomic E-state index is 11.8. The Morgan fingerprint density at radius 1 is 1.20 bits per heavy atom. The average molecular weight is 418 g/mol. The fourth-order valence-corrected chi connectivity index (χ4v) is 3.96. The van der Waals surface area contributed by atoms with E-state index in [1.54, 1.807) is 0 Å². The SMILES string of the molecule is CCNC(=NCc1cccc(COC2CCOCC2)c1)N1CCC(C(=O)OC)CC1. The van der Waals surface area contributed by atoms with Crippen LogP contribution in [0.3, 0.4) is 0 Å². The van der Waals surface area contributed by atoms with Gasteiger partial charge in [-0.1, -0.05) is 24.3 Å². The molecule has 0 saturated carbocycles. The molecule has 0 aromatic heterocycles. The first kappa shape index (κ1) is 22.6. The zero-order valence-electron chi connectivity index (χ0n) is 18.3. The minimum Gasteiger partial charge on any atom is -0.469 e. The molecule has 1 N–H and O–H groups in total. The Morgan fingerprint density at radius 3 is 2.63 bits per heavy atom. The Labute approximate surface area is 179 Å². The second-order valence-electron chi connectivity index (χ2n) is 7.90. The third-order valence-corrected chi connectivity index (χ3v) is 5.72. The highest BCUT2D eigenvalue weighted by Gasteiger charge is 2.26. The third-order valence-electron chi connectivity index (χ3n) is 5.72. The van der Waals surface area contributed by atoms with Gasteiger partial charge in [-0.15, -0.1) is 0 Å². The number of rotatable bonds is 7. The monoisotopic (exact) mass is 417 g/mol. The van der Waals surface area contributed by atoms with Crippen molar-refractivity contribution in [3.8, 4) is 0 Å². The number of esters is 1. The number of hydrogen-bond acceptors (Lipinski definition) is 5. The smallest absolute Gasteiger partial charge is 0.308 e. The third kappa shape index (κ3) is 6.71. The van der Waals surface area contributed by atoms with Crippen LogP contribution >= 0.6 is 0 Å². The van der Waals surface area contributed by atoms with Gasteiger partial charge in [-0.05, 0) is 43.7 Å². The predicted octanol–water partition coefficient (Wildman–Crippen LogP) is 2.73. The van der Waals surface area contributed by atoms with Crippen molar-refractivity contribution >= 4 is 11.9 Å². The Morgan fingerprint density at radius 2 is 1.93 bits per heavy atom. The van der Waals surface area contributed by atoms with E-state index in [-0.39, 0.29) is 11.9 Å². The van der Waals surface area contributed by atoms with E-state index < -0.39 is 0 Å². The van der Waals surface area contributed by atoms with E-state index in [0.717, 1.165) is 64.5 Å². The molecule has 7 nitrogen and oxygen atoms in total. The predicted molar refractivity (Wildman–Crippen MR) is 116 cm³/mol. The maximum absolute atomic E-state index is 11.8. The molecule has 7 heteroatoms. The van der Waals surface area contributed by atoms with Gasteiger partial charge in [-0.3, -0.25) is 4.79 Å². The summed E-state index contributed by atoms with van der Waals surface area (Å²) in [4.78, 5) is 18.8. The second kappa shape index (κ2) is 11.9. The molecule has 1 aromatic rings. The standard InChI is InChI=1S/C23H35N3O4/c1-3-24-23(26-11-7-20(8-12-26)22(27)28-2)25-16-18-5-4-6-19(15-18)17-30-21-9-13-29-14-10-21/h4-6,15,20-21H,3,7-14,16-17H2,1-2H3,(H,24,25). The Bertz CT molecular complexity index is 695. The van der Waals surface area contributed by atoms with Crippen molar-refractivity contribution in [1.82, 2.24) is 10.2 Å². The number of hydrogen-bond donors (Lipinski definition) is 1. The first-order valence-corrected chi connectivity index (χ1v) is 11.1. The molecule has 1 aromatic carbocycles. The molecule has 0 radical (unpaired) electrons. The molecule has 0 atom stereocenters. The largest absolute Gasteiger partial charge is 0.469 e. The van der Waals surface area contributed by atoms with Crippen molar-refractivity contribution in [2.24, 2.45) is 10.9 Å². The van der Waals surface area contributed by atoms with E-state index in [9.17, 15) is 4.79 Å². The van der Waals surface area contributed by atoms with Gasteiger partial charge in [-0.25, -0.2) is 4.99 Å². The van der Waals surface area contributed by atoms with E-state index in [4.69, 9.17) is 19.2 Å². The number of nitrogens with one attached hydrogen (secondary N) is 1. The van der Waals surface area contributed by atoms with Crippen LogP contribution in [0.4, 0.5) is 0 Å². The van der Waals surface area contributed by atoms with Crippen LogP contribution in [-0.2, 0) is 32.2 Å². The summed E-state index contributed by atoms with van der Waals surface area (Å²) >= 11 is 0. The molecular formula is C23H35N3O4. The molecule has 0 spiro atoms. The molecule has 2 heterocycles. The van der Waals surface area contributed by atoms with Crippen molar-refractivity contribution in [2.75, 3.05) is 40.0 Å². The Hall–Kier alpha value is -2.12. The highest BCUT2D eigenvalue weighted by atomic mass is 16.5. The molecule has 2 saturated heterocycles. The van der Waals surface area contributed by atoms with Crippen molar-refractivity contribution in [1.29, 1.82) is 0 Å². The number of aliphatic imine (C=N–C) groups is 1. The summed E-state index contributed by atoms with van der Waals surface area (Å²) in [5.74, 6) is 0.808. The van der Waals surface area contributed by atoms with E-state index in [2.05, 4.69) is 41.4 Å². The van der Waals surface area contributed by atoms with Crippen LogP contribution in [0.25, 0.3) is 0 Å². The molecule has 3 rings (SSSR count). The highest BCUT2D eigenvalue weighted by molar-refractivity contribution is 5.80. The van der Waals surface area contributed by atoms with Gasteiger partial charge in [0.25, 0.3) is 0 Å². The van der Waals surface area contributed by atoms with Crippen LogP contribution in [0.1, 0.15) is 43.7 Å². The molecule has 0 amide bonds. The lowest BCUT2D eigenvalue weighted by Crippen LogP contribution is -2.46. The van der Waals surface area contributed by atoms with Crippen LogP contribution < -0.4 is 5.32 Å². The van der Waals surface area contributed by atoms with E-state index in [1.807, 2.05) is 0 Å². The van der Waals surface area contributed by atoms with Gasteiger partial charge in [-0.2, -0.15) is 0 Å². The van der Waals surface area contributed by atoms with Gasteiger partial charge in [0.2, 0.25) is 0 Å². The number of carbonyl (C=O) groups is 1. The molecule has 0 unspecified atom stereocenters. The molecule has 30 heavy (non-hydrogen) atoms. The molecule has 2 aliphatic rings. The van der Waals surface area contributed by atoms with E-state index >= 15 is 0 Å². The number of nitrogens with zero attached hydrogens (tertiary/aromatic N) is 2. The summed E-state index contributed by atoms with van der Waals surface area (Å²) in [5.41, 5.74) is 2.35. The molecular weight excluding hydrogens is 382 g/mol. The van der Waals surface area contributed by atoms with Gasteiger partial charge in [0.15, 0.2) is 5.96 Å². The summed E-state index contributed by atoms with van der Waals surface area (Å²) in [6, 6.07) is 8.46. The molecule has 2 fully saturated rings. The number of ether oxygens (including phenoxy) is 3. The number of benzene rings is 1. The average Bonchev–Trinajstić information content (AvgIpc) is 2.81. The van der Waals surface area contributed by atoms with Crippen LogP contribution in [0.2, 0.25) is 0 Å². The number of carbonyl (C=O) groups excluding carboxylic acids is 1. The van der Waals surface area contributed by atoms with Gasteiger partial charge in [0.05, 0.1) is 32.3 Å². The number of piperidine rings is 1. The Balaban J connectivity index is 1.54. The van der Waals surface area contributed by atoms with E-state index in [0.29, 0.717) is 19.3 Å². The summed E-state index contributed by atoms with van der Waals surface area (Å²) < 4.78 is 16.3. The Kier molecular flexibility index (Phi) is 8.96. The maximum Gasteiger partial charge on any atom is 0.308 e. The van der Waals surface area contributed by atoms with Crippen molar-refractivity contribution < 1.29 is 19.0 Å². The topological polar surface area (TPSA) is 72.4 Å². The zero-order chi connectivity index (χ0) is 21.2. The molecule has 0 bridgehead atoms. The van der Waals surface area contributed by atoms with Crippen LogP contribution in [-0.4, -0.2) is 62.9 Å². The highest BCUT2D eigenvalue weighted by Crippen LogP contribution is 2.19. The first-order valence-electron chi connectivity index (χ1n) is 11.1.